The minimum Gasteiger partial charge on any atom is -0.465 e. The van der Waals surface area contributed by atoms with Crippen LogP contribution in [0, 0.1) is 23.3 Å². The van der Waals surface area contributed by atoms with E-state index in [1.54, 1.807) is 0 Å². The van der Waals surface area contributed by atoms with Crippen LogP contribution >= 0.6 is 0 Å². The molecule has 0 atom stereocenters. The van der Waals surface area contributed by atoms with Gasteiger partial charge in [-0.2, -0.15) is 0 Å². The monoisotopic (exact) mass is 284 g/mol. The highest BCUT2D eigenvalue weighted by atomic mass is 19.2. The first kappa shape index (κ1) is 14.0. The van der Waals surface area contributed by atoms with Gasteiger partial charge in [-0.3, -0.25) is 0 Å². The van der Waals surface area contributed by atoms with Gasteiger partial charge in [0, 0.05) is 5.56 Å². The third-order valence-corrected chi connectivity index (χ3v) is 2.67. The SMILES string of the molecule is COC(=O)c1cc(F)cc(-c2ccc(F)c(F)c2F)c1. The maximum absolute atomic E-state index is 13.6. The molecule has 2 aromatic rings. The Morgan fingerprint density at radius 2 is 1.70 bits per heavy atom. The van der Waals surface area contributed by atoms with Crippen LogP contribution < -0.4 is 0 Å². The number of hydrogen-bond acceptors (Lipinski definition) is 2. The molecule has 0 aliphatic heterocycles. The predicted molar refractivity (Wildman–Crippen MR) is 63.0 cm³/mol. The lowest BCUT2D eigenvalue weighted by Gasteiger charge is -2.07. The van der Waals surface area contributed by atoms with Gasteiger partial charge < -0.3 is 4.74 Å². The summed E-state index contributed by atoms with van der Waals surface area (Å²) in [5.41, 5.74) is -0.609. The van der Waals surface area contributed by atoms with Crippen LogP contribution in [0.2, 0.25) is 0 Å². The number of methoxy groups -OCH3 is 1. The molecule has 0 fully saturated rings. The summed E-state index contributed by atoms with van der Waals surface area (Å²) < 4.78 is 57.5. The van der Waals surface area contributed by atoms with Gasteiger partial charge >= 0.3 is 5.97 Å². The van der Waals surface area contributed by atoms with E-state index in [1.807, 2.05) is 0 Å². The van der Waals surface area contributed by atoms with E-state index in [-0.39, 0.29) is 16.7 Å². The molecular weight excluding hydrogens is 276 g/mol. The standard InChI is InChI=1S/C14H8F4O2/c1-20-14(19)8-4-7(5-9(15)6-8)10-2-3-11(16)13(18)12(10)17/h2-6H,1H3. The summed E-state index contributed by atoms with van der Waals surface area (Å²) in [5.74, 6) is -6.12. The normalized spacial score (nSPS) is 10.4. The van der Waals surface area contributed by atoms with E-state index >= 15 is 0 Å². The molecule has 104 valence electrons. The zero-order valence-corrected chi connectivity index (χ0v) is 10.2. The van der Waals surface area contributed by atoms with Crippen LogP contribution in [0.25, 0.3) is 11.1 Å². The molecule has 0 aliphatic rings. The number of ether oxygens (including phenoxy) is 1. The number of hydrogen-bond donors (Lipinski definition) is 0. The fraction of sp³-hybridized carbons (Fsp3) is 0.0714. The molecule has 2 aromatic carbocycles. The molecule has 0 bridgehead atoms. The van der Waals surface area contributed by atoms with E-state index in [2.05, 4.69) is 4.74 Å². The molecule has 0 saturated heterocycles. The topological polar surface area (TPSA) is 26.3 Å². The molecule has 0 saturated carbocycles. The van der Waals surface area contributed by atoms with Gasteiger partial charge in [-0.25, -0.2) is 22.4 Å². The summed E-state index contributed by atoms with van der Waals surface area (Å²) in [5, 5.41) is 0. The van der Waals surface area contributed by atoms with Crippen molar-refractivity contribution in [3.05, 3.63) is 59.2 Å². The van der Waals surface area contributed by atoms with Crippen molar-refractivity contribution in [2.24, 2.45) is 0 Å². The van der Waals surface area contributed by atoms with Gasteiger partial charge in [0.2, 0.25) is 0 Å². The smallest absolute Gasteiger partial charge is 0.337 e. The van der Waals surface area contributed by atoms with E-state index in [1.165, 1.54) is 0 Å². The molecule has 0 unspecified atom stereocenters. The second kappa shape index (κ2) is 5.32. The van der Waals surface area contributed by atoms with Crippen molar-refractivity contribution in [1.29, 1.82) is 0 Å². The predicted octanol–water partition coefficient (Wildman–Crippen LogP) is 3.70. The fourth-order valence-corrected chi connectivity index (χ4v) is 1.73. The van der Waals surface area contributed by atoms with Crippen molar-refractivity contribution in [3.63, 3.8) is 0 Å². The molecule has 0 spiro atoms. The summed E-state index contributed by atoms with van der Waals surface area (Å²) in [6.07, 6.45) is 0. The van der Waals surface area contributed by atoms with Gasteiger partial charge in [0.05, 0.1) is 12.7 Å². The van der Waals surface area contributed by atoms with Crippen molar-refractivity contribution in [3.8, 4) is 11.1 Å². The first-order valence-electron chi connectivity index (χ1n) is 5.47. The van der Waals surface area contributed by atoms with Gasteiger partial charge in [0.15, 0.2) is 17.5 Å². The first-order chi connectivity index (χ1) is 9.43. The van der Waals surface area contributed by atoms with Gasteiger partial charge in [-0.15, -0.1) is 0 Å². The lowest BCUT2D eigenvalue weighted by atomic mass is 10.0. The molecular formula is C14H8F4O2. The molecule has 0 radical (unpaired) electrons. The summed E-state index contributed by atoms with van der Waals surface area (Å²) in [6, 6.07) is 4.61. The molecule has 0 amide bonds. The third kappa shape index (κ3) is 2.49. The highest BCUT2D eigenvalue weighted by molar-refractivity contribution is 5.91. The van der Waals surface area contributed by atoms with Crippen LogP contribution in [0.1, 0.15) is 10.4 Å². The number of rotatable bonds is 2. The molecule has 2 nitrogen and oxygen atoms in total. The van der Waals surface area contributed by atoms with E-state index in [0.29, 0.717) is 0 Å². The Bertz CT molecular complexity index is 683. The molecule has 0 aliphatic carbocycles. The largest absolute Gasteiger partial charge is 0.465 e. The van der Waals surface area contributed by atoms with Crippen molar-refractivity contribution >= 4 is 5.97 Å². The zero-order chi connectivity index (χ0) is 14.9. The van der Waals surface area contributed by atoms with Crippen LogP contribution in [0.5, 0.6) is 0 Å². The molecule has 20 heavy (non-hydrogen) atoms. The van der Waals surface area contributed by atoms with Crippen LogP contribution in [0.3, 0.4) is 0 Å². The van der Waals surface area contributed by atoms with E-state index in [9.17, 15) is 22.4 Å². The van der Waals surface area contributed by atoms with E-state index in [4.69, 9.17) is 0 Å². The Morgan fingerprint density at radius 1 is 1.00 bits per heavy atom. The van der Waals surface area contributed by atoms with E-state index < -0.39 is 29.2 Å². The summed E-state index contributed by atoms with van der Waals surface area (Å²) in [4.78, 5) is 11.3. The average molecular weight is 284 g/mol. The van der Waals surface area contributed by atoms with Crippen LogP contribution in [0.4, 0.5) is 17.6 Å². The van der Waals surface area contributed by atoms with Gasteiger partial charge in [0.25, 0.3) is 0 Å². The summed E-state index contributed by atoms with van der Waals surface area (Å²) in [7, 11) is 1.10. The zero-order valence-electron chi connectivity index (χ0n) is 10.2. The van der Waals surface area contributed by atoms with Crippen LogP contribution in [-0.2, 0) is 4.74 Å². The van der Waals surface area contributed by atoms with Gasteiger partial charge in [0.1, 0.15) is 5.82 Å². The maximum atomic E-state index is 13.6. The molecule has 0 heterocycles. The number of carbonyl (C=O) groups is 1. The van der Waals surface area contributed by atoms with Gasteiger partial charge in [-0.1, -0.05) is 0 Å². The van der Waals surface area contributed by atoms with Crippen molar-refractivity contribution in [2.45, 2.75) is 0 Å². The molecule has 2 rings (SSSR count). The quantitative estimate of drug-likeness (QED) is 0.477. The highest BCUT2D eigenvalue weighted by Crippen LogP contribution is 2.27. The minimum atomic E-state index is -1.66. The molecule has 0 aromatic heterocycles. The Labute approximate surface area is 111 Å². The van der Waals surface area contributed by atoms with Crippen molar-refractivity contribution in [2.75, 3.05) is 7.11 Å². The second-order valence-electron chi connectivity index (χ2n) is 3.94. The Hall–Kier alpha value is -2.37. The maximum Gasteiger partial charge on any atom is 0.337 e. The lowest BCUT2D eigenvalue weighted by Crippen LogP contribution is -2.03. The summed E-state index contributed by atoms with van der Waals surface area (Å²) >= 11 is 0. The Morgan fingerprint density at radius 3 is 2.35 bits per heavy atom. The van der Waals surface area contributed by atoms with E-state index in [0.717, 1.165) is 37.4 Å². The molecule has 0 N–H and O–H groups in total. The molecule has 6 heteroatoms. The third-order valence-electron chi connectivity index (χ3n) is 2.67. The highest BCUT2D eigenvalue weighted by Gasteiger charge is 2.17. The van der Waals surface area contributed by atoms with Crippen LogP contribution in [-0.4, -0.2) is 13.1 Å². The van der Waals surface area contributed by atoms with Gasteiger partial charge in [-0.05, 0) is 35.9 Å². The second-order valence-corrected chi connectivity index (χ2v) is 3.94. The number of benzene rings is 2. The average Bonchev–Trinajstić information content (AvgIpc) is 2.43. The lowest BCUT2D eigenvalue weighted by molar-refractivity contribution is 0.0600. The first-order valence-corrected chi connectivity index (χ1v) is 5.47. The Kier molecular flexibility index (Phi) is 3.74. The fourth-order valence-electron chi connectivity index (χ4n) is 1.73. The summed E-state index contributed by atoms with van der Waals surface area (Å²) in [6.45, 7) is 0. The number of halogens is 4. The number of esters is 1. The van der Waals surface area contributed by atoms with Crippen molar-refractivity contribution < 1.29 is 27.1 Å². The minimum absolute atomic E-state index is 0.0956. The Balaban J connectivity index is 2.61. The van der Waals surface area contributed by atoms with Crippen molar-refractivity contribution in [1.82, 2.24) is 0 Å². The number of carbonyl (C=O) groups excluding carboxylic acids is 1. The van der Waals surface area contributed by atoms with Crippen LogP contribution in [0.15, 0.2) is 30.3 Å².